The largest absolute Gasteiger partial charge is 0.508 e. The summed E-state index contributed by atoms with van der Waals surface area (Å²) in [6, 6.07) is 5.20. The van der Waals surface area contributed by atoms with Crippen molar-refractivity contribution in [2.24, 2.45) is 0 Å². The van der Waals surface area contributed by atoms with E-state index in [4.69, 9.17) is 15.9 Å². The highest BCUT2D eigenvalue weighted by atomic mass is 19.1. The number of methoxy groups -OCH3 is 1. The lowest BCUT2D eigenvalue weighted by Crippen LogP contribution is -2.34. The summed E-state index contributed by atoms with van der Waals surface area (Å²) in [6.45, 7) is 2.24. The molecule has 0 radical (unpaired) electrons. The SMILES string of the molecule is C#Cc1c(F)ccc2cc(O)cc(-c3nc4c5c(nc(OC)nc5c3F)N(CCC(=O)CCC)CO4)c12. The van der Waals surface area contributed by atoms with Gasteiger partial charge in [0.25, 0.3) is 0 Å². The Morgan fingerprint density at radius 3 is 2.76 bits per heavy atom. The normalized spacial score (nSPS) is 12.5. The van der Waals surface area contributed by atoms with Crippen LogP contribution in [-0.2, 0) is 4.79 Å². The summed E-state index contributed by atoms with van der Waals surface area (Å²) in [6.07, 6.45) is 7.06. The fourth-order valence-corrected chi connectivity index (χ4v) is 4.49. The summed E-state index contributed by atoms with van der Waals surface area (Å²) >= 11 is 0. The second-order valence-electron chi connectivity index (χ2n) is 8.57. The minimum absolute atomic E-state index is 0.00473. The van der Waals surface area contributed by atoms with Crippen molar-refractivity contribution in [3.8, 4) is 41.2 Å². The molecule has 0 spiro atoms. The molecule has 0 unspecified atom stereocenters. The number of fused-ring (bicyclic) bond motifs is 1. The number of Topliss-reactive ketones (excluding diaryl/α,β-unsaturated/α-hetero) is 1. The smallest absolute Gasteiger partial charge is 0.318 e. The molecule has 4 aromatic rings. The van der Waals surface area contributed by atoms with Gasteiger partial charge < -0.3 is 19.5 Å². The van der Waals surface area contributed by atoms with Crippen LogP contribution < -0.4 is 14.4 Å². The van der Waals surface area contributed by atoms with E-state index in [0.29, 0.717) is 24.2 Å². The van der Waals surface area contributed by atoms with Crippen LogP contribution in [0.15, 0.2) is 24.3 Å². The molecule has 1 N–H and O–H groups in total. The Bertz CT molecular complexity index is 1620. The molecule has 2 aromatic carbocycles. The van der Waals surface area contributed by atoms with Crippen molar-refractivity contribution in [2.75, 3.05) is 25.3 Å². The van der Waals surface area contributed by atoms with Crippen LogP contribution in [0.1, 0.15) is 31.7 Å². The Hall–Kier alpha value is -4.52. The lowest BCUT2D eigenvalue weighted by molar-refractivity contribution is -0.118. The number of aromatic nitrogens is 3. The molecule has 0 bridgehead atoms. The molecule has 37 heavy (non-hydrogen) atoms. The Kier molecular flexibility index (Phi) is 6.21. The molecule has 10 heteroatoms. The van der Waals surface area contributed by atoms with Crippen molar-refractivity contribution in [1.82, 2.24) is 15.0 Å². The highest BCUT2D eigenvalue weighted by Crippen LogP contribution is 2.43. The van der Waals surface area contributed by atoms with Gasteiger partial charge in [0.1, 0.15) is 33.9 Å². The fourth-order valence-electron chi connectivity index (χ4n) is 4.49. The standard InChI is InChI=1S/C27H22F2N4O4/c1-4-6-15(34)9-10-33-13-37-26-21-24(31-27(36-3)32-25(21)33)22(29)23(30-26)18-12-16(35)11-14-7-8-19(28)17(5-2)20(14)18/h2,7-8,11-12,35H,4,6,9-10,13H2,1,3H3. The van der Waals surface area contributed by atoms with E-state index in [1.807, 2.05) is 6.92 Å². The van der Waals surface area contributed by atoms with Crippen molar-refractivity contribution < 1.29 is 28.2 Å². The quantitative estimate of drug-likeness (QED) is 0.361. The van der Waals surface area contributed by atoms with Gasteiger partial charge >= 0.3 is 6.01 Å². The van der Waals surface area contributed by atoms with Gasteiger partial charge in [-0.3, -0.25) is 4.79 Å². The maximum Gasteiger partial charge on any atom is 0.318 e. The number of ketones is 1. The summed E-state index contributed by atoms with van der Waals surface area (Å²) in [5.41, 5.74) is -0.383. The Labute approximate surface area is 210 Å². The number of halogens is 2. The molecule has 0 aliphatic carbocycles. The van der Waals surface area contributed by atoms with Gasteiger partial charge in [-0.05, 0) is 30.0 Å². The maximum atomic E-state index is 16.2. The molecule has 1 aliphatic heterocycles. The van der Waals surface area contributed by atoms with Gasteiger partial charge in [-0.2, -0.15) is 9.97 Å². The zero-order valence-electron chi connectivity index (χ0n) is 20.1. The van der Waals surface area contributed by atoms with Crippen LogP contribution in [-0.4, -0.2) is 46.2 Å². The van der Waals surface area contributed by atoms with Gasteiger partial charge in [-0.1, -0.05) is 18.9 Å². The van der Waals surface area contributed by atoms with E-state index in [1.54, 1.807) is 4.90 Å². The van der Waals surface area contributed by atoms with Crippen LogP contribution >= 0.6 is 0 Å². The second-order valence-corrected chi connectivity index (χ2v) is 8.57. The molecule has 188 valence electrons. The first-order valence-electron chi connectivity index (χ1n) is 11.6. The van der Waals surface area contributed by atoms with Gasteiger partial charge in [-0.25, -0.2) is 13.8 Å². The summed E-state index contributed by atoms with van der Waals surface area (Å²) in [4.78, 5) is 26.8. The second kappa shape index (κ2) is 9.50. The number of terminal acetylenes is 1. The first kappa shape index (κ1) is 24.2. The number of ether oxygens (including phenoxy) is 2. The van der Waals surface area contributed by atoms with E-state index in [0.717, 1.165) is 6.42 Å². The number of nitrogens with zero attached hydrogens (tertiary/aromatic N) is 4. The predicted molar refractivity (Wildman–Crippen MR) is 134 cm³/mol. The number of hydrogen-bond donors (Lipinski definition) is 1. The van der Waals surface area contributed by atoms with Crippen LogP contribution in [0, 0.1) is 24.0 Å². The van der Waals surface area contributed by atoms with Crippen molar-refractivity contribution in [3.63, 3.8) is 0 Å². The number of anilines is 1. The molecule has 1 aliphatic rings. The molecule has 5 rings (SSSR count). The number of carbonyl (C=O) groups is 1. The van der Waals surface area contributed by atoms with Gasteiger partial charge in [-0.15, -0.1) is 6.42 Å². The van der Waals surface area contributed by atoms with Crippen molar-refractivity contribution in [1.29, 1.82) is 0 Å². The Morgan fingerprint density at radius 2 is 2.03 bits per heavy atom. The third kappa shape index (κ3) is 4.12. The monoisotopic (exact) mass is 504 g/mol. The lowest BCUT2D eigenvalue weighted by atomic mass is 9.95. The average molecular weight is 504 g/mol. The molecular formula is C27H22F2N4O4. The molecule has 2 aromatic heterocycles. The van der Waals surface area contributed by atoms with Crippen LogP contribution in [0.4, 0.5) is 14.6 Å². The van der Waals surface area contributed by atoms with Gasteiger partial charge in [0.05, 0.1) is 12.7 Å². The zero-order chi connectivity index (χ0) is 26.3. The highest BCUT2D eigenvalue weighted by molar-refractivity contribution is 6.04. The number of rotatable bonds is 7. The third-order valence-electron chi connectivity index (χ3n) is 6.19. The van der Waals surface area contributed by atoms with Gasteiger partial charge in [0.2, 0.25) is 5.88 Å². The Morgan fingerprint density at radius 1 is 1.22 bits per heavy atom. The van der Waals surface area contributed by atoms with Gasteiger partial charge in [0.15, 0.2) is 18.4 Å². The molecule has 3 heterocycles. The first-order chi connectivity index (χ1) is 17.9. The molecule has 8 nitrogen and oxygen atoms in total. The zero-order valence-corrected chi connectivity index (χ0v) is 20.1. The highest BCUT2D eigenvalue weighted by Gasteiger charge is 2.30. The molecule has 0 amide bonds. The van der Waals surface area contributed by atoms with Gasteiger partial charge in [0, 0.05) is 30.3 Å². The number of aromatic hydroxyl groups is 1. The molecule has 0 saturated carbocycles. The lowest BCUT2D eigenvalue weighted by Gasteiger charge is -2.29. The van der Waals surface area contributed by atoms with Crippen molar-refractivity contribution in [2.45, 2.75) is 26.2 Å². The van der Waals surface area contributed by atoms with Crippen LogP contribution in [0.25, 0.3) is 32.9 Å². The first-order valence-corrected chi connectivity index (χ1v) is 11.6. The molecule has 0 fully saturated rings. The summed E-state index contributed by atoms with van der Waals surface area (Å²) in [7, 11) is 1.36. The average Bonchev–Trinajstić information content (AvgIpc) is 2.89. The summed E-state index contributed by atoms with van der Waals surface area (Å²) in [5, 5.41) is 11.2. The van der Waals surface area contributed by atoms with E-state index >= 15 is 4.39 Å². The van der Waals surface area contributed by atoms with Crippen LogP contribution in [0.3, 0.4) is 0 Å². The molecular weight excluding hydrogens is 482 g/mol. The van der Waals surface area contributed by atoms with Crippen LogP contribution in [0.5, 0.6) is 17.6 Å². The topological polar surface area (TPSA) is 97.7 Å². The number of benzene rings is 2. The Balaban J connectivity index is 1.75. The van der Waals surface area contributed by atoms with E-state index in [1.165, 1.54) is 31.4 Å². The van der Waals surface area contributed by atoms with E-state index < -0.39 is 11.6 Å². The minimum atomic E-state index is -0.854. The number of hydrogen-bond acceptors (Lipinski definition) is 8. The minimum Gasteiger partial charge on any atom is -0.508 e. The number of phenolic OH excluding ortho intramolecular Hbond substituents is 1. The number of phenols is 1. The predicted octanol–water partition coefficient (Wildman–Crippen LogP) is 4.73. The maximum absolute atomic E-state index is 16.2. The fraction of sp³-hybridized carbons (Fsp3) is 0.259. The molecule has 0 saturated heterocycles. The van der Waals surface area contributed by atoms with E-state index in [9.17, 15) is 14.3 Å². The van der Waals surface area contributed by atoms with Crippen molar-refractivity contribution >= 4 is 33.3 Å². The number of pyridine rings is 1. The van der Waals surface area contributed by atoms with Crippen LogP contribution in [0.2, 0.25) is 0 Å². The van der Waals surface area contributed by atoms with Crippen molar-refractivity contribution in [3.05, 3.63) is 41.5 Å². The molecule has 0 atom stereocenters. The summed E-state index contributed by atoms with van der Waals surface area (Å²) in [5.74, 6) is 1.07. The van der Waals surface area contributed by atoms with E-state index in [-0.39, 0.29) is 69.7 Å². The third-order valence-corrected chi connectivity index (χ3v) is 6.19. The summed E-state index contributed by atoms with van der Waals surface area (Å²) < 4.78 is 41.8. The number of carbonyl (C=O) groups excluding carboxylic acids is 1. The van der Waals surface area contributed by atoms with E-state index in [2.05, 4.69) is 20.9 Å².